The number of benzene rings is 1. The van der Waals surface area contributed by atoms with E-state index in [2.05, 4.69) is 30.5 Å². The average molecular weight is 547 g/mol. The molecular formula is C31H27FN8O. The molecule has 0 radical (unpaired) electrons. The Morgan fingerprint density at radius 1 is 0.951 bits per heavy atom. The van der Waals surface area contributed by atoms with Gasteiger partial charge in [-0.25, -0.2) is 19.3 Å². The minimum Gasteiger partial charge on any atom is -0.325 e. The summed E-state index contributed by atoms with van der Waals surface area (Å²) in [6, 6.07) is 13.8. The van der Waals surface area contributed by atoms with Crippen LogP contribution in [0.3, 0.4) is 0 Å². The third-order valence-corrected chi connectivity index (χ3v) is 7.69. The molecule has 0 atom stereocenters. The Hall–Kier alpha value is -4.99. The Bertz CT molecular complexity index is 1870. The van der Waals surface area contributed by atoms with Crippen molar-refractivity contribution >= 4 is 33.8 Å². The highest BCUT2D eigenvalue weighted by molar-refractivity contribution is 5.95. The summed E-state index contributed by atoms with van der Waals surface area (Å²) < 4.78 is 13.5. The van der Waals surface area contributed by atoms with Gasteiger partial charge in [-0.2, -0.15) is 5.10 Å². The summed E-state index contributed by atoms with van der Waals surface area (Å²) in [6.07, 6.45) is 11.5. The number of nitrogens with one attached hydrogen (secondary N) is 3. The van der Waals surface area contributed by atoms with Gasteiger partial charge in [0.1, 0.15) is 16.9 Å². The van der Waals surface area contributed by atoms with Crippen molar-refractivity contribution in [3.05, 3.63) is 72.9 Å². The van der Waals surface area contributed by atoms with Crippen LogP contribution in [0.4, 0.5) is 10.1 Å². The van der Waals surface area contributed by atoms with Crippen LogP contribution in [0.2, 0.25) is 0 Å². The van der Waals surface area contributed by atoms with Gasteiger partial charge in [-0.15, -0.1) is 0 Å². The molecular weight excluding hydrogens is 519 g/mol. The highest BCUT2D eigenvalue weighted by atomic mass is 19.1. The lowest BCUT2D eigenvalue weighted by molar-refractivity contribution is -0.117. The molecule has 5 aromatic heterocycles. The summed E-state index contributed by atoms with van der Waals surface area (Å²) >= 11 is 0. The molecule has 10 heteroatoms. The fourth-order valence-electron chi connectivity index (χ4n) is 5.62. The normalized spacial score (nSPS) is 14.1. The van der Waals surface area contributed by atoms with E-state index in [-0.39, 0.29) is 11.7 Å². The zero-order valence-electron chi connectivity index (χ0n) is 22.2. The largest absolute Gasteiger partial charge is 0.325 e. The van der Waals surface area contributed by atoms with Crippen molar-refractivity contribution in [1.29, 1.82) is 0 Å². The maximum atomic E-state index is 13.5. The lowest BCUT2D eigenvalue weighted by Crippen LogP contribution is -2.18. The SMILES string of the molecule is O=C(CC1CCCCC1)Nc1cncc(-c2ccc3[nH]nc(-c4nc5c(-c6ccc(F)cc6)ccnc5[nH]4)c3n2)c1. The van der Waals surface area contributed by atoms with E-state index < -0.39 is 0 Å². The monoisotopic (exact) mass is 546 g/mol. The van der Waals surface area contributed by atoms with E-state index in [0.29, 0.717) is 51.9 Å². The number of pyridine rings is 3. The predicted octanol–water partition coefficient (Wildman–Crippen LogP) is 6.67. The van der Waals surface area contributed by atoms with Gasteiger partial charge in [-0.1, -0.05) is 31.4 Å². The van der Waals surface area contributed by atoms with Crippen LogP contribution in [0, 0.1) is 11.7 Å². The number of imidazole rings is 1. The maximum Gasteiger partial charge on any atom is 0.224 e. The summed E-state index contributed by atoms with van der Waals surface area (Å²) in [5, 5.41) is 10.5. The van der Waals surface area contributed by atoms with Crippen LogP contribution in [-0.4, -0.2) is 41.0 Å². The minimum atomic E-state index is -0.297. The Kier molecular flexibility index (Phi) is 6.42. The molecule has 204 valence electrons. The van der Waals surface area contributed by atoms with Gasteiger partial charge < -0.3 is 10.3 Å². The number of amides is 1. The molecule has 1 aliphatic rings. The van der Waals surface area contributed by atoms with Crippen molar-refractivity contribution in [2.24, 2.45) is 5.92 Å². The van der Waals surface area contributed by atoms with Crippen molar-refractivity contribution in [1.82, 2.24) is 35.1 Å². The lowest BCUT2D eigenvalue weighted by Gasteiger charge is -2.20. The van der Waals surface area contributed by atoms with Crippen LogP contribution < -0.4 is 5.32 Å². The van der Waals surface area contributed by atoms with Gasteiger partial charge in [-0.3, -0.25) is 14.9 Å². The van der Waals surface area contributed by atoms with Crippen LogP contribution >= 0.6 is 0 Å². The first-order valence-corrected chi connectivity index (χ1v) is 13.8. The van der Waals surface area contributed by atoms with Crippen LogP contribution in [-0.2, 0) is 4.79 Å². The molecule has 1 aromatic carbocycles. The molecule has 6 aromatic rings. The van der Waals surface area contributed by atoms with E-state index in [1.807, 2.05) is 24.3 Å². The Balaban J connectivity index is 1.19. The molecule has 0 spiro atoms. The molecule has 1 aliphatic carbocycles. The van der Waals surface area contributed by atoms with E-state index in [4.69, 9.17) is 9.97 Å². The first kappa shape index (κ1) is 25.0. The van der Waals surface area contributed by atoms with E-state index in [1.54, 1.807) is 30.7 Å². The topological polar surface area (TPSA) is 125 Å². The number of carbonyl (C=O) groups excluding carboxylic acids is 1. The number of hydrogen-bond acceptors (Lipinski definition) is 6. The number of halogens is 1. The lowest BCUT2D eigenvalue weighted by atomic mass is 9.87. The van der Waals surface area contributed by atoms with Gasteiger partial charge in [0, 0.05) is 29.9 Å². The van der Waals surface area contributed by atoms with Crippen LogP contribution in [0.5, 0.6) is 0 Å². The summed E-state index contributed by atoms with van der Waals surface area (Å²) in [6.45, 7) is 0. The number of fused-ring (bicyclic) bond motifs is 2. The number of aromatic amines is 2. The summed E-state index contributed by atoms with van der Waals surface area (Å²) in [4.78, 5) is 34.4. The molecule has 1 fully saturated rings. The average Bonchev–Trinajstić information content (AvgIpc) is 3.62. The Labute approximate surface area is 234 Å². The molecule has 0 aliphatic heterocycles. The van der Waals surface area contributed by atoms with Gasteiger partial charge >= 0.3 is 0 Å². The number of anilines is 1. The second-order valence-corrected chi connectivity index (χ2v) is 10.5. The molecule has 1 saturated carbocycles. The van der Waals surface area contributed by atoms with E-state index >= 15 is 0 Å². The molecule has 3 N–H and O–H groups in total. The number of aromatic nitrogens is 7. The number of rotatable bonds is 6. The molecule has 1 amide bonds. The number of hydrogen-bond donors (Lipinski definition) is 3. The van der Waals surface area contributed by atoms with Crippen LogP contribution in [0.15, 0.2) is 67.1 Å². The van der Waals surface area contributed by atoms with Crippen molar-refractivity contribution < 1.29 is 9.18 Å². The highest BCUT2D eigenvalue weighted by Crippen LogP contribution is 2.32. The molecule has 5 heterocycles. The molecule has 0 unspecified atom stereocenters. The van der Waals surface area contributed by atoms with E-state index in [9.17, 15) is 9.18 Å². The van der Waals surface area contributed by atoms with E-state index in [1.165, 1.54) is 31.4 Å². The number of nitrogens with zero attached hydrogens (tertiary/aromatic N) is 5. The third-order valence-electron chi connectivity index (χ3n) is 7.69. The maximum absolute atomic E-state index is 13.5. The first-order chi connectivity index (χ1) is 20.1. The summed E-state index contributed by atoms with van der Waals surface area (Å²) in [7, 11) is 0. The van der Waals surface area contributed by atoms with Crippen LogP contribution in [0.1, 0.15) is 38.5 Å². The Morgan fingerprint density at radius 2 is 1.80 bits per heavy atom. The van der Waals surface area contributed by atoms with E-state index in [0.717, 1.165) is 35.0 Å². The summed E-state index contributed by atoms with van der Waals surface area (Å²) in [5.74, 6) is 0.701. The molecule has 9 nitrogen and oxygen atoms in total. The van der Waals surface area contributed by atoms with Gasteiger partial charge in [0.2, 0.25) is 5.91 Å². The van der Waals surface area contributed by atoms with Gasteiger partial charge in [0.15, 0.2) is 17.2 Å². The van der Waals surface area contributed by atoms with Crippen molar-refractivity contribution in [3.8, 4) is 33.9 Å². The fraction of sp³-hybridized carbons (Fsp3) is 0.226. The molecule has 41 heavy (non-hydrogen) atoms. The zero-order valence-corrected chi connectivity index (χ0v) is 22.2. The van der Waals surface area contributed by atoms with Crippen molar-refractivity contribution in [2.75, 3.05) is 5.32 Å². The van der Waals surface area contributed by atoms with Crippen molar-refractivity contribution in [3.63, 3.8) is 0 Å². The van der Waals surface area contributed by atoms with Crippen LogP contribution in [0.25, 0.3) is 56.1 Å². The molecule has 7 rings (SSSR count). The standard InChI is InChI=1S/C31H27FN8O/c32-21-8-6-19(7-9-21)23-12-13-34-30-27(23)37-31(38-30)29-28-25(39-40-29)11-10-24(36-28)20-15-22(17-33-16-20)35-26(41)14-18-4-2-1-3-5-18/h6-13,15-18H,1-5,14H2,(H,35,41)(H,39,40)(H,34,37,38). The first-order valence-electron chi connectivity index (χ1n) is 13.8. The minimum absolute atomic E-state index is 0.0230. The second kappa shape index (κ2) is 10.5. The van der Waals surface area contributed by atoms with Crippen molar-refractivity contribution in [2.45, 2.75) is 38.5 Å². The predicted molar refractivity (Wildman–Crippen MR) is 155 cm³/mol. The molecule has 0 bridgehead atoms. The zero-order chi connectivity index (χ0) is 27.8. The second-order valence-electron chi connectivity index (χ2n) is 10.5. The Morgan fingerprint density at radius 3 is 2.66 bits per heavy atom. The number of carbonyl (C=O) groups is 1. The molecule has 0 saturated heterocycles. The quantitative estimate of drug-likeness (QED) is 0.214. The fourth-order valence-corrected chi connectivity index (χ4v) is 5.62. The van der Waals surface area contributed by atoms with Gasteiger partial charge in [0.05, 0.1) is 23.1 Å². The summed E-state index contributed by atoms with van der Waals surface area (Å²) in [5.41, 5.74) is 6.97. The highest BCUT2D eigenvalue weighted by Gasteiger charge is 2.19. The smallest absolute Gasteiger partial charge is 0.224 e. The third kappa shape index (κ3) is 5.04. The number of H-pyrrole nitrogens is 2. The van der Waals surface area contributed by atoms with Gasteiger partial charge in [-0.05, 0) is 60.7 Å². The van der Waals surface area contributed by atoms with Gasteiger partial charge in [0.25, 0.3) is 0 Å².